The Morgan fingerprint density at radius 1 is 1.15 bits per heavy atom. The molecule has 2 aliphatic carbocycles. The van der Waals surface area contributed by atoms with Crippen LogP contribution < -0.4 is 0 Å². The molecule has 0 fully saturated rings. The molecule has 0 aliphatic heterocycles. The van der Waals surface area contributed by atoms with E-state index < -0.39 is 0 Å². The topological polar surface area (TPSA) is 92.8 Å². The van der Waals surface area contributed by atoms with Gasteiger partial charge in [0.1, 0.15) is 11.5 Å². The fourth-order valence-corrected chi connectivity index (χ4v) is 3.60. The van der Waals surface area contributed by atoms with Gasteiger partial charge in [0.25, 0.3) is 0 Å². The first-order chi connectivity index (χ1) is 12.6. The lowest BCUT2D eigenvalue weighted by Crippen LogP contribution is -2.21. The van der Waals surface area contributed by atoms with Crippen LogP contribution in [0, 0.1) is 0 Å². The highest BCUT2D eigenvalue weighted by molar-refractivity contribution is 6.23. The van der Waals surface area contributed by atoms with Crippen molar-refractivity contribution in [3.8, 4) is 0 Å². The number of hydrogen-bond acceptors (Lipinski definition) is 6. The van der Waals surface area contributed by atoms with E-state index in [0.717, 1.165) is 25.7 Å². The summed E-state index contributed by atoms with van der Waals surface area (Å²) in [7, 11) is 0. The minimum atomic E-state index is -0.0396. The van der Waals surface area contributed by atoms with Crippen LogP contribution in [0.5, 0.6) is 0 Å². The van der Waals surface area contributed by atoms with Gasteiger partial charge in [0.05, 0.1) is 16.8 Å². The quantitative estimate of drug-likeness (QED) is 0.589. The zero-order valence-electron chi connectivity index (χ0n) is 15.3. The molecule has 1 aromatic heterocycles. The number of allylic oxidation sites excluding steroid dienone is 2. The average Bonchev–Trinajstić information content (AvgIpc) is 3.03. The van der Waals surface area contributed by atoms with Gasteiger partial charge in [-0.05, 0) is 32.1 Å². The van der Waals surface area contributed by atoms with Gasteiger partial charge >= 0.3 is 0 Å². The maximum Gasteiger partial charge on any atom is 0.168 e. The third-order valence-electron chi connectivity index (χ3n) is 5.01. The summed E-state index contributed by atoms with van der Waals surface area (Å²) in [4.78, 5) is 29.1. The molecule has 0 aromatic carbocycles. The number of unbranched alkanes of at least 4 members (excludes halogenated alkanes) is 1. The molecule has 1 heterocycles. The Labute approximate surface area is 153 Å². The second-order valence-electron chi connectivity index (χ2n) is 6.98. The van der Waals surface area contributed by atoms with Crippen LogP contribution >= 0.6 is 0 Å². The molecule has 0 bridgehead atoms. The van der Waals surface area contributed by atoms with Crippen LogP contribution in [0.15, 0.2) is 20.8 Å². The van der Waals surface area contributed by atoms with Gasteiger partial charge < -0.3 is 9.63 Å². The molecule has 0 saturated heterocycles. The molecule has 0 amide bonds. The Kier molecular flexibility index (Phi) is 6.01. The summed E-state index contributed by atoms with van der Waals surface area (Å²) in [5.74, 6) is 0.872. The molecular formula is C20H26N2O4. The van der Waals surface area contributed by atoms with Gasteiger partial charge in [0, 0.05) is 37.9 Å². The van der Waals surface area contributed by atoms with Crippen LogP contribution in [-0.2, 0) is 17.6 Å². The van der Waals surface area contributed by atoms with Crippen molar-refractivity contribution in [2.24, 2.45) is 4.99 Å². The number of Topliss-reactive ketones (excluding diaryl/α,β-unsaturated/α-hetero) is 2. The Balaban J connectivity index is 1.81. The van der Waals surface area contributed by atoms with Crippen molar-refractivity contribution in [2.45, 2.75) is 71.1 Å². The minimum absolute atomic E-state index is 0.0396. The Bertz CT molecular complexity index is 758. The molecule has 0 spiro atoms. The first-order valence-corrected chi connectivity index (χ1v) is 9.61. The van der Waals surface area contributed by atoms with Crippen LogP contribution in [0.1, 0.15) is 80.1 Å². The minimum Gasteiger partial charge on any atom is -0.511 e. The lowest BCUT2D eigenvalue weighted by atomic mass is 9.89. The summed E-state index contributed by atoms with van der Waals surface area (Å²) in [5.41, 5.74) is 2.30. The van der Waals surface area contributed by atoms with Crippen molar-refractivity contribution in [3.05, 3.63) is 28.3 Å². The highest BCUT2D eigenvalue weighted by atomic mass is 16.5. The normalized spacial score (nSPS) is 18.4. The number of aromatic nitrogens is 1. The molecule has 26 heavy (non-hydrogen) atoms. The van der Waals surface area contributed by atoms with Crippen LogP contribution in [-0.4, -0.2) is 34.1 Å². The SMILES string of the molecule is CCCCN=C(CCc1noc2c1C(=O)CCC2)C1=C(O)CCCC1=O. The number of hydrogen-bond donors (Lipinski definition) is 1. The van der Waals surface area contributed by atoms with Gasteiger partial charge in [-0.3, -0.25) is 14.6 Å². The van der Waals surface area contributed by atoms with Gasteiger partial charge in [0.15, 0.2) is 11.6 Å². The van der Waals surface area contributed by atoms with Gasteiger partial charge in [-0.2, -0.15) is 0 Å². The smallest absolute Gasteiger partial charge is 0.168 e. The van der Waals surface area contributed by atoms with Crippen molar-refractivity contribution in [1.82, 2.24) is 5.16 Å². The fourth-order valence-electron chi connectivity index (χ4n) is 3.60. The van der Waals surface area contributed by atoms with Gasteiger partial charge in [0.2, 0.25) is 0 Å². The van der Waals surface area contributed by atoms with E-state index in [1.165, 1.54) is 0 Å². The maximum atomic E-state index is 12.3. The number of aliphatic hydroxyl groups is 1. The number of aliphatic hydroxyl groups excluding tert-OH is 1. The van der Waals surface area contributed by atoms with E-state index in [9.17, 15) is 14.7 Å². The zero-order valence-corrected chi connectivity index (χ0v) is 15.3. The van der Waals surface area contributed by atoms with Crippen LogP contribution in [0.4, 0.5) is 0 Å². The second-order valence-corrected chi connectivity index (χ2v) is 6.98. The molecule has 0 unspecified atom stereocenters. The highest BCUT2D eigenvalue weighted by Crippen LogP contribution is 2.27. The van der Waals surface area contributed by atoms with E-state index >= 15 is 0 Å². The monoisotopic (exact) mass is 358 g/mol. The van der Waals surface area contributed by atoms with Gasteiger partial charge in [-0.25, -0.2) is 0 Å². The Hall–Kier alpha value is -2.24. The number of nitrogens with zero attached hydrogens (tertiary/aromatic N) is 2. The number of carbonyl (C=O) groups is 2. The zero-order chi connectivity index (χ0) is 18.5. The molecule has 2 aliphatic rings. The van der Waals surface area contributed by atoms with Crippen molar-refractivity contribution in [2.75, 3.05) is 6.54 Å². The van der Waals surface area contributed by atoms with Crippen LogP contribution in [0.2, 0.25) is 0 Å². The van der Waals surface area contributed by atoms with Crippen LogP contribution in [0.25, 0.3) is 0 Å². The van der Waals surface area contributed by atoms with Crippen molar-refractivity contribution in [3.63, 3.8) is 0 Å². The molecule has 6 nitrogen and oxygen atoms in total. The number of aliphatic imine (C=N–C) groups is 1. The third-order valence-corrected chi connectivity index (χ3v) is 5.01. The predicted octanol–water partition coefficient (Wildman–Crippen LogP) is 3.93. The number of aryl methyl sites for hydroxylation is 2. The molecule has 1 aromatic rings. The summed E-state index contributed by atoms with van der Waals surface area (Å²) in [6.45, 7) is 2.72. The van der Waals surface area contributed by atoms with E-state index in [1.54, 1.807) is 0 Å². The Morgan fingerprint density at radius 3 is 2.69 bits per heavy atom. The molecule has 0 saturated carbocycles. The summed E-state index contributed by atoms with van der Waals surface area (Å²) < 4.78 is 5.34. The summed E-state index contributed by atoms with van der Waals surface area (Å²) in [6.07, 6.45) is 6.64. The van der Waals surface area contributed by atoms with E-state index in [2.05, 4.69) is 17.1 Å². The number of fused-ring (bicyclic) bond motifs is 1. The van der Waals surface area contributed by atoms with Crippen LogP contribution in [0.3, 0.4) is 0 Å². The lowest BCUT2D eigenvalue weighted by Gasteiger charge is -2.17. The fraction of sp³-hybridized carbons (Fsp3) is 0.600. The standard InChI is InChI=1S/C20H26N2O4/c1-2-3-12-21-13(19-15(23)6-4-7-16(19)24)10-11-14-20-17(25)8-5-9-18(20)26-22-14/h23H,2-12H2,1H3. The van der Waals surface area contributed by atoms with Crippen molar-refractivity contribution in [1.29, 1.82) is 0 Å². The van der Waals surface area contributed by atoms with E-state index in [0.29, 0.717) is 73.4 Å². The summed E-state index contributed by atoms with van der Waals surface area (Å²) in [5, 5.41) is 14.3. The molecular weight excluding hydrogens is 332 g/mol. The third kappa shape index (κ3) is 3.94. The first-order valence-electron chi connectivity index (χ1n) is 9.61. The van der Waals surface area contributed by atoms with Crippen molar-refractivity contribution >= 4 is 17.3 Å². The first kappa shape index (κ1) is 18.5. The molecule has 3 rings (SSSR count). The molecule has 0 radical (unpaired) electrons. The number of carbonyl (C=O) groups excluding carboxylic acids is 2. The molecule has 140 valence electrons. The van der Waals surface area contributed by atoms with Gasteiger partial charge in [-0.15, -0.1) is 0 Å². The second kappa shape index (κ2) is 8.43. The summed E-state index contributed by atoms with van der Waals surface area (Å²) in [6, 6.07) is 0. The van der Waals surface area contributed by atoms with Crippen molar-refractivity contribution < 1.29 is 19.2 Å². The maximum absolute atomic E-state index is 12.3. The highest BCUT2D eigenvalue weighted by Gasteiger charge is 2.28. The average molecular weight is 358 g/mol. The predicted molar refractivity (Wildman–Crippen MR) is 97.8 cm³/mol. The number of rotatable bonds is 7. The Morgan fingerprint density at radius 2 is 1.92 bits per heavy atom. The van der Waals surface area contributed by atoms with E-state index in [-0.39, 0.29) is 17.3 Å². The lowest BCUT2D eigenvalue weighted by molar-refractivity contribution is -0.115. The summed E-state index contributed by atoms with van der Waals surface area (Å²) >= 11 is 0. The molecule has 1 N–H and O–H groups in total. The molecule has 6 heteroatoms. The number of ketones is 2. The largest absolute Gasteiger partial charge is 0.511 e. The van der Waals surface area contributed by atoms with E-state index in [4.69, 9.17) is 4.52 Å². The molecule has 0 atom stereocenters. The van der Waals surface area contributed by atoms with E-state index in [1.807, 2.05) is 0 Å². The van der Waals surface area contributed by atoms with Gasteiger partial charge in [-0.1, -0.05) is 18.5 Å².